The Morgan fingerprint density at radius 2 is 1.62 bits per heavy atom. The summed E-state index contributed by atoms with van der Waals surface area (Å²) >= 11 is 0. The number of fused-ring (bicyclic) bond motifs is 1. The van der Waals surface area contributed by atoms with Crippen LogP contribution in [0, 0.1) is 10.8 Å². The van der Waals surface area contributed by atoms with E-state index < -0.39 is 17.8 Å². The maximum Gasteiger partial charge on any atom is 0.419 e. The molecule has 2 aromatic rings. The summed E-state index contributed by atoms with van der Waals surface area (Å²) in [5, 5.41) is 0.689. The van der Waals surface area contributed by atoms with E-state index in [0.717, 1.165) is 0 Å². The Bertz CT molecular complexity index is 1090. The number of carbonyl (C=O) groups is 2. The van der Waals surface area contributed by atoms with E-state index in [1.54, 1.807) is 18.2 Å². The molecule has 1 aliphatic heterocycles. The van der Waals surface area contributed by atoms with Gasteiger partial charge in [-0.1, -0.05) is 41.5 Å². The van der Waals surface area contributed by atoms with Gasteiger partial charge in [-0.25, -0.2) is 14.2 Å². The Labute approximate surface area is 220 Å². The monoisotopic (exact) mass is 517 g/mol. The number of carbonyl (C=O) groups excluding carboxylic acids is 2. The van der Waals surface area contributed by atoms with Gasteiger partial charge in [-0.15, -0.1) is 0 Å². The Morgan fingerprint density at radius 3 is 2.22 bits per heavy atom. The van der Waals surface area contributed by atoms with Gasteiger partial charge >= 0.3 is 12.1 Å². The molecule has 0 unspecified atom stereocenters. The predicted octanol–water partition coefficient (Wildman–Crippen LogP) is 6.58. The molecular weight excluding hydrogens is 474 g/mol. The molecular formula is C29H43NO7. The third kappa shape index (κ3) is 8.75. The minimum Gasteiger partial charge on any atom is -0.493 e. The fourth-order valence-corrected chi connectivity index (χ4v) is 3.88. The summed E-state index contributed by atoms with van der Waals surface area (Å²) in [7, 11) is 0. The maximum absolute atomic E-state index is 13.1. The summed E-state index contributed by atoms with van der Waals surface area (Å²) in [4.78, 5) is 26.1. The largest absolute Gasteiger partial charge is 0.493 e. The first kappa shape index (κ1) is 29.0. The highest BCUT2D eigenvalue weighted by molar-refractivity contribution is 6.01. The van der Waals surface area contributed by atoms with E-state index in [1.165, 1.54) is 4.57 Å². The quantitative estimate of drug-likeness (QED) is 0.348. The number of ether oxygens (including phenoxy) is 5. The zero-order chi connectivity index (χ0) is 27.4. The molecule has 8 nitrogen and oxygen atoms in total. The highest BCUT2D eigenvalue weighted by Gasteiger charge is 2.32. The minimum atomic E-state index is -0.600. The van der Waals surface area contributed by atoms with Gasteiger partial charge in [0.05, 0.1) is 38.0 Å². The number of hydrogen-bond acceptors (Lipinski definition) is 7. The Kier molecular flexibility index (Phi) is 8.96. The molecule has 1 saturated heterocycles. The van der Waals surface area contributed by atoms with E-state index in [1.807, 2.05) is 19.9 Å². The minimum absolute atomic E-state index is 0.0165. The van der Waals surface area contributed by atoms with E-state index in [0.29, 0.717) is 49.1 Å². The van der Waals surface area contributed by atoms with Gasteiger partial charge < -0.3 is 23.7 Å². The van der Waals surface area contributed by atoms with Crippen molar-refractivity contribution >= 4 is 23.0 Å². The zero-order valence-electron chi connectivity index (χ0n) is 23.6. The van der Waals surface area contributed by atoms with Gasteiger partial charge in [0.25, 0.3) is 0 Å². The van der Waals surface area contributed by atoms with E-state index >= 15 is 0 Å². The summed E-state index contributed by atoms with van der Waals surface area (Å²) in [5.74, 6) is -0.487. The van der Waals surface area contributed by atoms with Crippen LogP contribution in [0.1, 0.15) is 85.1 Å². The van der Waals surface area contributed by atoms with Gasteiger partial charge in [-0.05, 0) is 61.8 Å². The smallest absolute Gasteiger partial charge is 0.419 e. The van der Waals surface area contributed by atoms with Crippen molar-refractivity contribution in [3.63, 3.8) is 0 Å². The van der Waals surface area contributed by atoms with Crippen molar-refractivity contribution < 1.29 is 33.3 Å². The molecule has 0 spiro atoms. The summed E-state index contributed by atoms with van der Waals surface area (Å²) in [6.07, 6.45) is 1.48. The normalized spacial score (nSPS) is 17.7. The van der Waals surface area contributed by atoms with E-state index in [-0.39, 0.29) is 35.8 Å². The third-order valence-electron chi connectivity index (χ3n) is 6.10. The van der Waals surface area contributed by atoms with Crippen LogP contribution in [-0.4, -0.2) is 54.9 Å². The molecule has 3 rings (SSSR count). The molecule has 0 amide bonds. The highest BCUT2D eigenvalue weighted by atomic mass is 16.7. The molecule has 8 heteroatoms. The lowest BCUT2D eigenvalue weighted by Gasteiger charge is -2.19. The molecule has 206 valence electrons. The SMILES string of the molecule is CC(C)(C)CCOC(=O)c1cc2cc(OCC[C@H]3COC(C)(C)O3)ccc2n1C(=O)OCCC(C)(C)C. The van der Waals surface area contributed by atoms with Crippen LogP contribution < -0.4 is 4.74 Å². The average molecular weight is 518 g/mol. The standard InChI is InChI=1S/C29H43NO7/c1-27(2,3)12-15-34-25(31)24-18-20-17-21(33-14-11-22-19-36-29(7,8)37-22)9-10-23(20)30(24)26(32)35-16-13-28(4,5)6/h9-10,17-18,22H,11-16,19H2,1-8H3/t22-/m0/s1. The fraction of sp³-hybridized carbons (Fsp3) is 0.655. The maximum atomic E-state index is 13.1. The molecule has 1 aromatic carbocycles. The Balaban J connectivity index is 1.76. The van der Waals surface area contributed by atoms with Gasteiger partial charge in [-0.3, -0.25) is 0 Å². The molecule has 2 heterocycles. The lowest BCUT2D eigenvalue weighted by Crippen LogP contribution is -2.22. The van der Waals surface area contributed by atoms with E-state index in [2.05, 4.69) is 41.5 Å². The number of esters is 1. The lowest BCUT2D eigenvalue weighted by atomic mass is 9.93. The molecule has 1 aromatic heterocycles. The molecule has 0 bridgehead atoms. The molecule has 1 aliphatic rings. The van der Waals surface area contributed by atoms with Crippen molar-refractivity contribution in [3.05, 3.63) is 30.0 Å². The van der Waals surface area contributed by atoms with Crippen LogP contribution in [0.3, 0.4) is 0 Å². The van der Waals surface area contributed by atoms with Crippen molar-refractivity contribution in [2.75, 3.05) is 26.4 Å². The van der Waals surface area contributed by atoms with Gasteiger partial charge in [0.1, 0.15) is 11.4 Å². The Morgan fingerprint density at radius 1 is 0.973 bits per heavy atom. The summed E-state index contributed by atoms with van der Waals surface area (Å²) in [6, 6.07) is 7.02. The molecule has 0 aliphatic carbocycles. The number of hydrogen-bond donors (Lipinski definition) is 0. The number of benzene rings is 1. The molecule has 0 N–H and O–H groups in total. The summed E-state index contributed by atoms with van der Waals surface area (Å²) < 4.78 is 29.7. The van der Waals surface area contributed by atoms with Crippen LogP contribution in [0.2, 0.25) is 0 Å². The first-order valence-corrected chi connectivity index (χ1v) is 13.1. The first-order chi connectivity index (χ1) is 17.1. The molecule has 0 saturated carbocycles. The number of nitrogens with zero attached hydrogens (tertiary/aromatic N) is 1. The van der Waals surface area contributed by atoms with Crippen LogP contribution in [0.25, 0.3) is 10.9 Å². The fourth-order valence-electron chi connectivity index (χ4n) is 3.88. The summed E-state index contributed by atoms with van der Waals surface area (Å²) in [5.41, 5.74) is 0.743. The van der Waals surface area contributed by atoms with Crippen molar-refractivity contribution in [1.29, 1.82) is 0 Å². The van der Waals surface area contributed by atoms with Crippen LogP contribution in [0.15, 0.2) is 24.3 Å². The van der Waals surface area contributed by atoms with Gasteiger partial charge in [0, 0.05) is 11.8 Å². The van der Waals surface area contributed by atoms with E-state index in [9.17, 15) is 9.59 Å². The second-order valence-electron chi connectivity index (χ2n) is 12.5. The van der Waals surface area contributed by atoms with Gasteiger partial charge in [-0.2, -0.15) is 0 Å². The van der Waals surface area contributed by atoms with Crippen molar-refractivity contribution in [1.82, 2.24) is 4.57 Å². The van der Waals surface area contributed by atoms with Crippen molar-refractivity contribution in [2.45, 2.75) is 86.5 Å². The van der Waals surface area contributed by atoms with Crippen LogP contribution >= 0.6 is 0 Å². The van der Waals surface area contributed by atoms with Crippen molar-refractivity contribution in [3.8, 4) is 5.75 Å². The number of aromatic nitrogens is 1. The summed E-state index contributed by atoms with van der Waals surface area (Å²) in [6.45, 7) is 17.8. The lowest BCUT2D eigenvalue weighted by molar-refractivity contribution is -0.139. The predicted molar refractivity (Wildman–Crippen MR) is 142 cm³/mol. The van der Waals surface area contributed by atoms with Crippen LogP contribution in [0.5, 0.6) is 5.75 Å². The van der Waals surface area contributed by atoms with Crippen molar-refractivity contribution in [2.24, 2.45) is 10.8 Å². The molecule has 0 radical (unpaired) electrons. The Hall–Kier alpha value is -2.58. The van der Waals surface area contributed by atoms with Crippen LogP contribution in [-0.2, 0) is 18.9 Å². The highest BCUT2D eigenvalue weighted by Crippen LogP contribution is 2.28. The second kappa shape index (κ2) is 11.4. The molecule has 1 atom stereocenters. The average Bonchev–Trinajstić information content (AvgIpc) is 3.31. The van der Waals surface area contributed by atoms with E-state index in [4.69, 9.17) is 23.7 Å². The van der Waals surface area contributed by atoms with Crippen LogP contribution in [0.4, 0.5) is 4.79 Å². The third-order valence-corrected chi connectivity index (χ3v) is 6.10. The first-order valence-electron chi connectivity index (χ1n) is 13.1. The molecule has 1 fully saturated rings. The molecule has 37 heavy (non-hydrogen) atoms. The second-order valence-corrected chi connectivity index (χ2v) is 12.5. The topological polar surface area (TPSA) is 85.2 Å². The zero-order valence-corrected chi connectivity index (χ0v) is 23.6. The van der Waals surface area contributed by atoms with Gasteiger partial charge in [0.2, 0.25) is 0 Å². The number of rotatable bonds is 9. The van der Waals surface area contributed by atoms with Gasteiger partial charge in [0.15, 0.2) is 5.79 Å².